The zero-order valence-corrected chi connectivity index (χ0v) is 22.5. The number of rotatable bonds is 24. The maximum absolute atomic E-state index is 11.5. The molecule has 203 valence electrons. The van der Waals surface area contributed by atoms with Gasteiger partial charge in [0.1, 0.15) is 0 Å². The van der Waals surface area contributed by atoms with E-state index in [4.69, 9.17) is 18.9 Å². The van der Waals surface area contributed by atoms with E-state index in [1.54, 1.807) is 6.07 Å². The number of unbranched alkanes of at least 4 members (excludes halogenated alkanes) is 5. The largest absolute Gasteiger partial charge is 0.381 e. The maximum Gasteiger partial charge on any atom is 0.294 e. The van der Waals surface area contributed by atoms with Crippen molar-refractivity contribution in [1.29, 1.82) is 0 Å². The van der Waals surface area contributed by atoms with Gasteiger partial charge in [-0.25, -0.2) is 0 Å². The quantitative estimate of drug-likeness (QED) is 0.142. The molecular formula is C27H47O7S. The predicted molar refractivity (Wildman–Crippen MR) is 140 cm³/mol. The zero-order chi connectivity index (χ0) is 25.6. The van der Waals surface area contributed by atoms with E-state index < -0.39 is 10.1 Å². The molecule has 0 spiro atoms. The van der Waals surface area contributed by atoms with E-state index in [0.29, 0.717) is 25.2 Å². The minimum Gasteiger partial charge on any atom is -0.381 e. The average molecular weight is 516 g/mol. The molecule has 1 radical (unpaired) electrons. The fraction of sp³-hybridized carbons (Fsp3) is 0.741. The van der Waals surface area contributed by atoms with Crippen LogP contribution in [0, 0.1) is 13.8 Å². The minimum absolute atomic E-state index is 0.00832. The molecule has 35 heavy (non-hydrogen) atoms. The van der Waals surface area contributed by atoms with E-state index in [-0.39, 0.29) is 4.90 Å². The fourth-order valence-corrected chi connectivity index (χ4v) is 4.24. The molecule has 0 aliphatic carbocycles. The standard InChI is InChI=1S/C27H47O7S/c1-3-4-16-31-18-7-8-20-33-22-11-12-23-34-21-10-9-19-32-17-6-5-13-26-24-25(2)14-15-27(26)35(28,29)30/h14-15,24H,1,3-13,16-23H2,2H3,(H,28,29,30). The van der Waals surface area contributed by atoms with Crippen molar-refractivity contribution in [2.45, 2.75) is 82.4 Å². The molecule has 0 saturated heterocycles. The zero-order valence-electron chi connectivity index (χ0n) is 21.7. The average Bonchev–Trinajstić information content (AvgIpc) is 2.81. The third-order valence-electron chi connectivity index (χ3n) is 5.50. The highest BCUT2D eigenvalue weighted by atomic mass is 32.2. The van der Waals surface area contributed by atoms with E-state index >= 15 is 0 Å². The molecule has 0 amide bonds. The van der Waals surface area contributed by atoms with Crippen molar-refractivity contribution in [3.63, 3.8) is 0 Å². The summed E-state index contributed by atoms with van der Waals surface area (Å²) in [5.74, 6) is 0. The number of hydrogen-bond acceptors (Lipinski definition) is 6. The molecule has 0 aliphatic rings. The van der Waals surface area contributed by atoms with Crippen LogP contribution in [0.5, 0.6) is 0 Å². The van der Waals surface area contributed by atoms with Crippen LogP contribution in [0.1, 0.15) is 75.3 Å². The third-order valence-corrected chi connectivity index (χ3v) is 6.45. The Bertz CT molecular complexity index is 737. The molecule has 7 nitrogen and oxygen atoms in total. The molecule has 0 heterocycles. The van der Waals surface area contributed by atoms with Gasteiger partial charge in [-0.1, -0.05) is 31.0 Å². The van der Waals surface area contributed by atoms with Crippen LogP contribution < -0.4 is 0 Å². The Balaban J connectivity index is 1.84. The van der Waals surface area contributed by atoms with Gasteiger partial charge < -0.3 is 18.9 Å². The van der Waals surface area contributed by atoms with E-state index in [1.165, 1.54) is 6.07 Å². The van der Waals surface area contributed by atoms with Crippen LogP contribution in [0.25, 0.3) is 0 Å². The van der Waals surface area contributed by atoms with E-state index in [2.05, 4.69) is 6.92 Å². The Labute approximate surface area is 213 Å². The molecule has 0 aliphatic heterocycles. The summed E-state index contributed by atoms with van der Waals surface area (Å²) in [6.07, 6.45) is 10.3. The van der Waals surface area contributed by atoms with Crippen LogP contribution in [0.15, 0.2) is 23.1 Å². The second-order valence-corrected chi connectivity index (χ2v) is 10.2. The van der Waals surface area contributed by atoms with Gasteiger partial charge in [0, 0.05) is 52.9 Å². The SMILES string of the molecule is [CH2]CCCOCCCCOCCCCOCCCCOCCCCc1cc(C)ccc1S(=O)(=O)O. The van der Waals surface area contributed by atoms with Gasteiger partial charge in [-0.15, -0.1) is 0 Å². The van der Waals surface area contributed by atoms with E-state index in [9.17, 15) is 13.0 Å². The predicted octanol–water partition coefficient (Wildman–Crippen LogP) is 5.59. The Morgan fingerprint density at radius 2 is 1.09 bits per heavy atom. The van der Waals surface area contributed by atoms with Crippen LogP contribution in [-0.2, 0) is 35.5 Å². The third kappa shape index (κ3) is 18.0. The molecule has 0 aromatic heterocycles. The van der Waals surface area contributed by atoms with Gasteiger partial charge in [0.25, 0.3) is 10.1 Å². The topological polar surface area (TPSA) is 91.3 Å². The Morgan fingerprint density at radius 1 is 0.686 bits per heavy atom. The van der Waals surface area contributed by atoms with Gasteiger partial charge in [-0.2, -0.15) is 8.42 Å². The molecule has 0 unspecified atom stereocenters. The monoisotopic (exact) mass is 515 g/mol. The van der Waals surface area contributed by atoms with Gasteiger partial charge in [0.05, 0.1) is 4.90 Å². The Hall–Kier alpha value is -1.03. The molecule has 0 bridgehead atoms. The first-order valence-corrected chi connectivity index (χ1v) is 14.6. The lowest BCUT2D eigenvalue weighted by molar-refractivity contribution is 0.0844. The van der Waals surface area contributed by atoms with Crippen molar-refractivity contribution in [3.8, 4) is 0 Å². The van der Waals surface area contributed by atoms with Gasteiger partial charge in [-0.05, 0) is 82.8 Å². The lowest BCUT2D eigenvalue weighted by Gasteiger charge is -2.09. The first-order chi connectivity index (χ1) is 16.9. The minimum atomic E-state index is -4.18. The van der Waals surface area contributed by atoms with Gasteiger partial charge in [0.15, 0.2) is 0 Å². The van der Waals surface area contributed by atoms with Crippen LogP contribution in [0.2, 0.25) is 0 Å². The number of aryl methyl sites for hydroxylation is 2. The highest BCUT2D eigenvalue weighted by molar-refractivity contribution is 7.85. The fourth-order valence-electron chi connectivity index (χ4n) is 3.51. The summed E-state index contributed by atoms with van der Waals surface area (Å²) in [6.45, 7) is 11.8. The second-order valence-electron chi connectivity index (χ2n) is 8.82. The number of ether oxygens (including phenoxy) is 4. The van der Waals surface area contributed by atoms with E-state index in [1.807, 2.05) is 13.0 Å². The van der Waals surface area contributed by atoms with Gasteiger partial charge in [0.2, 0.25) is 0 Å². The summed E-state index contributed by atoms with van der Waals surface area (Å²) >= 11 is 0. The smallest absolute Gasteiger partial charge is 0.294 e. The van der Waals surface area contributed by atoms with Crippen LogP contribution in [0.3, 0.4) is 0 Å². The molecule has 1 aromatic rings. The van der Waals surface area contributed by atoms with Crippen LogP contribution in [-0.4, -0.2) is 65.8 Å². The summed E-state index contributed by atoms with van der Waals surface area (Å²) in [7, 11) is -4.18. The summed E-state index contributed by atoms with van der Waals surface area (Å²) < 4.78 is 54.8. The first-order valence-electron chi connectivity index (χ1n) is 13.1. The lowest BCUT2D eigenvalue weighted by atomic mass is 10.1. The molecular weight excluding hydrogens is 468 g/mol. The normalized spacial score (nSPS) is 11.9. The summed E-state index contributed by atoms with van der Waals surface area (Å²) in [6, 6.07) is 4.99. The van der Waals surface area contributed by atoms with Crippen molar-refractivity contribution in [2.24, 2.45) is 0 Å². The summed E-state index contributed by atoms with van der Waals surface area (Å²) in [5.41, 5.74) is 1.64. The van der Waals surface area contributed by atoms with Gasteiger partial charge >= 0.3 is 0 Å². The van der Waals surface area contributed by atoms with Crippen molar-refractivity contribution in [2.75, 3.05) is 52.9 Å². The molecule has 1 aromatic carbocycles. The highest BCUT2D eigenvalue weighted by Crippen LogP contribution is 2.19. The van der Waals surface area contributed by atoms with Crippen molar-refractivity contribution in [3.05, 3.63) is 36.2 Å². The Morgan fingerprint density at radius 3 is 1.49 bits per heavy atom. The van der Waals surface area contributed by atoms with E-state index in [0.717, 1.165) is 109 Å². The second kappa shape index (κ2) is 21.1. The number of hydrogen-bond donors (Lipinski definition) is 1. The summed E-state index contributed by atoms with van der Waals surface area (Å²) in [5, 5.41) is 0. The van der Waals surface area contributed by atoms with Gasteiger partial charge in [-0.3, -0.25) is 4.55 Å². The first kappa shape index (κ1) is 32.0. The molecule has 8 heteroatoms. The van der Waals surface area contributed by atoms with Crippen molar-refractivity contribution in [1.82, 2.24) is 0 Å². The van der Waals surface area contributed by atoms with Crippen molar-refractivity contribution < 1.29 is 31.9 Å². The molecule has 1 rings (SSSR count). The van der Waals surface area contributed by atoms with Crippen molar-refractivity contribution >= 4 is 10.1 Å². The number of benzene rings is 1. The Kier molecular flexibility index (Phi) is 19.3. The lowest BCUT2D eigenvalue weighted by Crippen LogP contribution is -2.05. The molecule has 1 N–H and O–H groups in total. The highest BCUT2D eigenvalue weighted by Gasteiger charge is 2.14. The summed E-state index contributed by atoms with van der Waals surface area (Å²) in [4.78, 5) is 0.00832. The van der Waals surface area contributed by atoms with Crippen LogP contribution >= 0.6 is 0 Å². The molecule has 0 saturated carbocycles. The van der Waals surface area contributed by atoms with Crippen LogP contribution in [0.4, 0.5) is 0 Å². The molecule has 0 fully saturated rings. The maximum atomic E-state index is 11.5. The molecule has 0 atom stereocenters.